The molecule has 140 valence electrons. The van der Waals surface area contributed by atoms with E-state index in [1.54, 1.807) is 24.3 Å². The third-order valence-corrected chi connectivity index (χ3v) is 3.94. The molecule has 1 aliphatic rings. The number of pyridine rings is 1. The topological polar surface area (TPSA) is 89.6 Å². The van der Waals surface area contributed by atoms with Crippen molar-refractivity contribution in [1.82, 2.24) is 15.8 Å². The Hall–Kier alpha value is -3.35. The molecular weight excluding hydrogens is 346 g/mol. The molecule has 0 unspecified atom stereocenters. The number of nitrogens with zero attached hydrogens (tertiary/aromatic N) is 1. The van der Waals surface area contributed by atoms with Crippen LogP contribution in [0.3, 0.4) is 0 Å². The second-order valence-electron chi connectivity index (χ2n) is 6.06. The third kappa shape index (κ3) is 4.63. The van der Waals surface area contributed by atoms with E-state index in [0.717, 1.165) is 23.3 Å². The molecule has 1 atom stereocenters. The van der Waals surface area contributed by atoms with Crippen LogP contribution in [0, 0.1) is 0 Å². The van der Waals surface area contributed by atoms with E-state index in [0.29, 0.717) is 12.4 Å². The molecular formula is C20H21N3O4. The Bertz CT molecular complexity index is 865. The van der Waals surface area contributed by atoms with Crippen molar-refractivity contribution in [2.24, 2.45) is 0 Å². The van der Waals surface area contributed by atoms with Crippen LogP contribution < -0.4 is 20.3 Å². The molecule has 0 aliphatic carbocycles. The van der Waals surface area contributed by atoms with Gasteiger partial charge in [0.25, 0.3) is 11.8 Å². The number of carbonyl (C=O) groups is 2. The minimum Gasteiger partial charge on any atom is -0.493 e. The number of benzene rings is 1. The average Bonchev–Trinajstić information content (AvgIpc) is 3.04. The van der Waals surface area contributed by atoms with E-state index in [9.17, 15) is 9.59 Å². The minimum atomic E-state index is -0.493. The first-order chi connectivity index (χ1) is 13.1. The standard InChI is InChI=1S/C20H21N3O4/c1-3-26-17-12-15-10-13(2)27-18(15)11-14(17)7-8-19(24)22-23-20(25)16-6-4-5-9-21-16/h4-9,11-13H,3,10H2,1-2H3,(H,22,24)(H,23,25)/b8-7+/t13-/m1/s1. The number of hydrogen-bond donors (Lipinski definition) is 2. The first-order valence-corrected chi connectivity index (χ1v) is 8.72. The summed E-state index contributed by atoms with van der Waals surface area (Å²) in [5.74, 6) is 0.522. The van der Waals surface area contributed by atoms with Crippen LogP contribution in [-0.2, 0) is 11.2 Å². The van der Waals surface area contributed by atoms with Crippen molar-refractivity contribution in [3.05, 3.63) is 59.4 Å². The highest BCUT2D eigenvalue weighted by Crippen LogP contribution is 2.35. The van der Waals surface area contributed by atoms with Gasteiger partial charge in [-0.1, -0.05) is 6.07 Å². The fourth-order valence-electron chi connectivity index (χ4n) is 2.75. The second-order valence-corrected chi connectivity index (χ2v) is 6.06. The Morgan fingerprint density at radius 2 is 2.19 bits per heavy atom. The van der Waals surface area contributed by atoms with Crippen LogP contribution in [0.5, 0.6) is 11.5 Å². The Kier molecular flexibility index (Phi) is 5.71. The van der Waals surface area contributed by atoms with E-state index in [4.69, 9.17) is 9.47 Å². The predicted octanol–water partition coefficient (Wildman–Crippen LogP) is 2.28. The summed E-state index contributed by atoms with van der Waals surface area (Å²) in [7, 11) is 0. The summed E-state index contributed by atoms with van der Waals surface area (Å²) in [6.45, 7) is 4.43. The lowest BCUT2D eigenvalue weighted by atomic mass is 10.1. The summed E-state index contributed by atoms with van der Waals surface area (Å²) in [4.78, 5) is 27.8. The van der Waals surface area contributed by atoms with Crippen LogP contribution in [-0.4, -0.2) is 29.5 Å². The molecule has 0 fully saturated rings. The Morgan fingerprint density at radius 3 is 2.93 bits per heavy atom. The van der Waals surface area contributed by atoms with Gasteiger partial charge in [0.15, 0.2) is 0 Å². The number of amides is 2. The Labute approximate surface area is 157 Å². The van der Waals surface area contributed by atoms with Crippen molar-refractivity contribution in [2.45, 2.75) is 26.4 Å². The number of ether oxygens (including phenoxy) is 2. The first-order valence-electron chi connectivity index (χ1n) is 8.72. The van der Waals surface area contributed by atoms with Crippen molar-refractivity contribution in [2.75, 3.05) is 6.61 Å². The zero-order valence-electron chi connectivity index (χ0n) is 15.2. The summed E-state index contributed by atoms with van der Waals surface area (Å²) in [6, 6.07) is 8.75. The molecule has 1 aromatic heterocycles. The summed E-state index contributed by atoms with van der Waals surface area (Å²) in [5, 5.41) is 0. The van der Waals surface area contributed by atoms with Gasteiger partial charge in [0, 0.05) is 29.8 Å². The molecule has 2 aromatic rings. The van der Waals surface area contributed by atoms with Crippen LogP contribution in [0.15, 0.2) is 42.6 Å². The van der Waals surface area contributed by atoms with Crippen molar-refractivity contribution in [3.63, 3.8) is 0 Å². The lowest BCUT2D eigenvalue weighted by molar-refractivity contribution is -0.117. The fraction of sp³-hybridized carbons (Fsp3) is 0.250. The number of carbonyl (C=O) groups excluding carboxylic acids is 2. The smallest absolute Gasteiger partial charge is 0.288 e. The predicted molar refractivity (Wildman–Crippen MR) is 100 cm³/mol. The minimum absolute atomic E-state index is 0.124. The highest BCUT2D eigenvalue weighted by Gasteiger charge is 2.21. The van der Waals surface area contributed by atoms with Gasteiger partial charge in [0.05, 0.1) is 6.61 Å². The molecule has 2 heterocycles. The number of hydrogen-bond acceptors (Lipinski definition) is 5. The number of fused-ring (bicyclic) bond motifs is 1. The van der Waals surface area contributed by atoms with Gasteiger partial charge in [-0.3, -0.25) is 25.4 Å². The molecule has 1 aromatic carbocycles. The highest BCUT2D eigenvalue weighted by atomic mass is 16.5. The number of rotatable bonds is 5. The summed E-state index contributed by atoms with van der Waals surface area (Å²) in [6.07, 6.45) is 5.40. The summed E-state index contributed by atoms with van der Waals surface area (Å²) in [5.41, 5.74) is 6.68. The monoisotopic (exact) mass is 367 g/mol. The lowest BCUT2D eigenvalue weighted by Crippen LogP contribution is -2.41. The largest absolute Gasteiger partial charge is 0.493 e. The van der Waals surface area contributed by atoms with Crippen molar-refractivity contribution >= 4 is 17.9 Å². The first kappa shape index (κ1) is 18.4. The molecule has 0 bridgehead atoms. The van der Waals surface area contributed by atoms with Gasteiger partial charge in [-0.15, -0.1) is 0 Å². The van der Waals surface area contributed by atoms with Crippen molar-refractivity contribution < 1.29 is 19.1 Å². The molecule has 0 saturated heterocycles. The second kappa shape index (κ2) is 8.35. The zero-order chi connectivity index (χ0) is 19.2. The van der Waals surface area contributed by atoms with Gasteiger partial charge in [-0.05, 0) is 44.2 Å². The van der Waals surface area contributed by atoms with Gasteiger partial charge >= 0.3 is 0 Å². The zero-order valence-corrected chi connectivity index (χ0v) is 15.2. The fourth-order valence-corrected chi connectivity index (χ4v) is 2.75. The van der Waals surface area contributed by atoms with E-state index in [-0.39, 0.29) is 11.8 Å². The molecule has 7 heteroatoms. The maximum Gasteiger partial charge on any atom is 0.288 e. The van der Waals surface area contributed by atoms with E-state index in [1.165, 1.54) is 12.3 Å². The molecule has 0 saturated carbocycles. The molecule has 0 spiro atoms. The average molecular weight is 367 g/mol. The normalized spacial score (nSPS) is 15.1. The maximum absolute atomic E-state index is 12.0. The van der Waals surface area contributed by atoms with Crippen LogP contribution in [0.1, 0.15) is 35.5 Å². The van der Waals surface area contributed by atoms with E-state index in [2.05, 4.69) is 15.8 Å². The molecule has 0 radical (unpaired) electrons. The van der Waals surface area contributed by atoms with E-state index < -0.39 is 11.8 Å². The summed E-state index contributed by atoms with van der Waals surface area (Å²) >= 11 is 0. The molecule has 7 nitrogen and oxygen atoms in total. The third-order valence-electron chi connectivity index (χ3n) is 3.94. The Morgan fingerprint density at radius 1 is 1.33 bits per heavy atom. The number of aromatic nitrogens is 1. The molecule has 1 aliphatic heterocycles. The van der Waals surface area contributed by atoms with Crippen molar-refractivity contribution in [3.8, 4) is 11.5 Å². The van der Waals surface area contributed by atoms with Gasteiger partial charge < -0.3 is 9.47 Å². The van der Waals surface area contributed by atoms with Crippen molar-refractivity contribution in [1.29, 1.82) is 0 Å². The molecule has 27 heavy (non-hydrogen) atoms. The van der Waals surface area contributed by atoms with E-state index in [1.807, 2.05) is 26.0 Å². The van der Waals surface area contributed by atoms with Crippen LogP contribution >= 0.6 is 0 Å². The van der Waals surface area contributed by atoms with Crippen LogP contribution in [0.25, 0.3) is 6.08 Å². The maximum atomic E-state index is 12.0. The lowest BCUT2D eigenvalue weighted by Gasteiger charge is -2.10. The number of hydrazine groups is 1. The van der Waals surface area contributed by atoms with Gasteiger partial charge in [0.2, 0.25) is 0 Å². The molecule has 3 rings (SSSR count). The van der Waals surface area contributed by atoms with Gasteiger partial charge in [-0.25, -0.2) is 0 Å². The van der Waals surface area contributed by atoms with Crippen LogP contribution in [0.4, 0.5) is 0 Å². The molecule has 2 amide bonds. The molecule has 2 N–H and O–H groups in total. The summed E-state index contributed by atoms with van der Waals surface area (Å²) < 4.78 is 11.4. The number of nitrogens with one attached hydrogen (secondary N) is 2. The highest BCUT2D eigenvalue weighted by molar-refractivity contribution is 5.97. The van der Waals surface area contributed by atoms with Gasteiger partial charge in [-0.2, -0.15) is 0 Å². The Balaban J connectivity index is 1.65. The van der Waals surface area contributed by atoms with Gasteiger partial charge in [0.1, 0.15) is 23.3 Å². The SMILES string of the molecule is CCOc1cc2c(cc1/C=C/C(=O)NNC(=O)c1ccccn1)O[C@H](C)C2. The van der Waals surface area contributed by atoms with E-state index >= 15 is 0 Å². The van der Waals surface area contributed by atoms with Crippen LogP contribution in [0.2, 0.25) is 0 Å². The quantitative estimate of drug-likeness (QED) is 0.625.